The molecule has 1 aliphatic rings. The molecule has 1 aromatic heterocycles. The van der Waals surface area contributed by atoms with Crippen LogP contribution in [0.1, 0.15) is 20.3 Å². The van der Waals surface area contributed by atoms with Crippen molar-refractivity contribution in [1.29, 1.82) is 0 Å². The van der Waals surface area contributed by atoms with Gasteiger partial charge in [0.15, 0.2) is 11.6 Å². The van der Waals surface area contributed by atoms with Gasteiger partial charge in [-0.05, 0) is 19.5 Å². The standard InChI is InChI=1S/C13H24N6O/c1-4-18(5-2)10-6-7-19(8-10)13-11(20-3)12(17-14)15-9-16-13/h9-10H,4-8,14H2,1-3H3,(H,15,16,17). The fourth-order valence-electron chi connectivity index (χ4n) is 2.85. The molecule has 1 aromatic rings. The number of likely N-dealkylation sites (N-methyl/N-ethyl adjacent to an activating group) is 1. The number of ether oxygens (including phenoxy) is 1. The molecule has 3 N–H and O–H groups in total. The first-order chi connectivity index (χ1) is 9.74. The summed E-state index contributed by atoms with van der Waals surface area (Å²) in [6.45, 7) is 8.48. The minimum Gasteiger partial charge on any atom is -0.490 e. The largest absolute Gasteiger partial charge is 0.490 e. The highest BCUT2D eigenvalue weighted by Gasteiger charge is 2.29. The Balaban J connectivity index is 2.17. The van der Waals surface area contributed by atoms with Crippen molar-refractivity contribution >= 4 is 11.6 Å². The van der Waals surface area contributed by atoms with E-state index in [1.165, 1.54) is 6.33 Å². The quantitative estimate of drug-likeness (QED) is 0.586. The lowest BCUT2D eigenvalue weighted by atomic mass is 10.2. The Labute approximate surface area is 120 Å². The second-order valence-corrected chi connectivity index (χ2v) is 4.83. The van der Waals surface area contributed by atoms with Crippen molar-refractivity contribution in [2.24, 2.45) is 5.84 Å². The summed E-state index contributed by atoms with van der Waals surface area (Å²) in [7, 11) is 1.61. The molecule has 1 aliphatic heterocycles. The molecular formula is C13H24N6O. The van der Waals surface area contributed by atoms with E-state index < -0.39 is 0 Å². The van der Waals surface area contributed by atoms with Gasteiger partial charge in [0.05, 0.1) is 7.11 Å². The van der Waals surface area contributed by atoms with Crippen molar-refractivity contribution in [2.45, 2.75) is 26.3 Å². The van der Waals surface area contributed by atoms with E-state index in [4.69, 9.17) is 10.6 Å². The van der Waals surface area contributed by atoms with Crippen LogP contribution < -0.4 is 20.9 Å². The highest BCUT2D eigenvalue weighted by Crippen LogP contribution is 2.33. The topological polar surface area (TPSA) is 79.5 Å². The summed E-state index contributed by atoms with van der Waals surface area (Å²) in [5.74, 6) is 7.40. The molecule has 1 fully saturated rings. The Kier molecular flexibility index (Phi) is 4.97. The lowest BCUT2D eigenvalue weighted by Crippen LogP contribution is -2.37. The second-order valence-electron chi connectivity index (χ2n) is 4.83. The Morgan fingerprint density at radius 2 is 2.20 bits per heavy atom. The number of nitrogens with two attached hydrogens (primary N) is 1. The normalized spacial score (nSPS) is 18.6. The minimum atomic E-state index is 0.517. The minimum absolute atomic E-state index is 0.517. The van der Waals surface area contributed by atoms with Gasteiger partial charge in [-0.15, -0.1) is 0 Å². The third kappa shape index (κ3) is 2.78. The first kappa shape index (κ1) is 14.8. The first-order valence-electron chi connectivity index (χ1n) is 7.09. The van der Waals surface area contributed by atoms with E-state index in [2.05, 4.69) is 39.0 Å². The van der Waals surface area contributed by atoms with Crippen LogP contribution in [0.2, 0.25) is 0 Å². The molecule has 1 atom stereocenters. The fourth-order valence-corrected chi connectivity index (χ4v) is 2.85. The Morgan fingerprint density at radius 3 is 2.80 bits per heavy atom. The average Bonchev–Trinajstić information content (AvgIpc) is 2.97. The Morgan fingerprint density at radius 1 is 1.45 bits per heavy atom. The summed E-state index contributed by atoms with van der Waals surface area (Å²) in [4.78, 5) is 13.2. The molecule has 112 valence electrons. The number of hydrogen-bond acceptors (Lipinski definition) is 7. The van der Waals surface area contributed by atoms with E-state index in [1.54, 1.807) is 7.11 Å². The molecule has 2 heterocycles. The number of rotatable bonds is 6. The van der Waals surface area contributed by atoms with Crippen LogP contribution in [0.4, 0.5) is 11.6 Å². The van der Waals surface area contributed by atoms with E-state index >= 15 is 0 Å². The SMILES string of the molecule is CCN(CC)C1CCN(c2ncnc(NN)c2OC)C1. The zero-order valence-electron chi connectivity index (χ0n) is 12.5. The zero-order valence-corrected chi connectivity index (χ0v) is 12.5. The van der Waals surface area contributed by atoms with E-state index in [-0.39, 0.29) is 0 Å². The highest BCUT2D eigenvalue weighted by atomic mass is 16.5. The molecule has 1 unspecified atom stereocenters. The third-order valence-electron chi connectivity index (χ3n) is 3.92. The molecule has 1 saturated heterocycles. The van der Waals surface area contributed by atoms with Crippen molar-refractivity contribution in [2.75, 3.05) is 43.6 Å². The van der Waals surface area contributed by atoms with Gasteiger partial charge in [-0.3, -0.25) is 4.90 Å². The van der Waals surface area contributed by atoms with Gasteiger partial charge in [0.2, 0.25) is 5.75 Å². The predicted octanol–water partition coefficient (Wildman–Crippen LogP) is 0.691. The lowest BCUT2D eigenvalue weighted by molar-refractivity contribution is 0.232. The predicted molar refractivity (Wildman–Crippen MR) is 79.9 cm³/mol. The number of aromatic nitrogens is 2. The molecule has 2 rings (SSSR count). The lowest BCUT2D eigenvalue weighted by Gasteiger charge is -2.26. The highest BCUT2D eigenvalue weighted by molar-refractivity contribution is 5.64. The molecule has 0 spiro atoms. The summed E-state index contributed by atoms with van der Waals surface area (Å²) in [5.41, 5.74) is 2.55. The van der Waals surface area contributed by atoms with E-state index in [0.717, 1.165) is 38.4 Å². The van der Waals surface area contributed by atoms with Gasteiger partial charge in [0.1, 0.15) is 6.33 Å². The molecule has 20 heavy (non-hydrogen) atoms. The summed E-state index contributed by atoms with van der Waals surface area (Å²) >= 11 is 0. The second kappa shape index (κ2) is 6.71. The number of nitrogens with one attached hydrogen (secondary N) is 1. The van der Waals surface area contributed by atoms with Gasteiger partial charge in [-0.1, -0.05) is 13.8 Å². The number of hydrogen-bond donors (Lipinski definition) is 2. The molecule has 0 saturated carbocycles. The number of methoxy groups -OCH3 is 1. The van der Waals surface area contributed by atoms with E-state index in [9.17, 15) is 0 Å². The molecule has 7 nitrogen and oxygen atoms in total. The molecule has 0 aromatic carbocycles. The van der Waals surface area contributed by atoms with Crippen LogP contribution in [0, 0.1) is 0 Å². The third-order valence-corrected chi connectivity index (χ3v) is 3.92. The van der Waals surface area contributed by atoms with Gasteiger partial charge < -0.3 is 15.1 Å². The van der Waals surface area contributed by atoms with Gasteiger partial charge in [-0.2, -0.15) is 0 Å². The summed E-state index contributed by atoms with van der Waals surface area (Å²) in [6, 6.07) is 0.568. The van der Waals surface area contributed by atoms with Crippen LogP contribution in [0.15, 0.2) is 6.33 Å². The average molecular weight is 280 g/mol. The number of nitrogen functional groups attached to an aromatic ring is 1. The van der Waals surface area contributed by atoms with Gasteiger partial charge in [-0.25, -0.2) is 15.8 Å². The van der Waals surface area contributed by atoms with E-state index in [1.807, 2.05) is 0 Å². The van der Waals surface area contributed by atoms with Gasteiger partial charge >= 0.3 is 0 Å². The van der Waals surface area contributed by atoms with Crippen LogP contribution in [-0.2, 0) is 0 Å². The maximum absolute atomic E-state index is 5.47. The Bertz CT molecular complexity index is 437. The molecule has 7 heteroatoms. The molecule has 0 amide bonds. The number of anilines is 2. The van der Waals surface area contributed by atoms with Crippen molar-refractivity contribution in [3.63, 3.8) is 0 Å². The zero-order chi connectivity index (χ0) is 14.5. The summed E-state index contributed by atoms with van der Waals surface area (Å²) in [6.07, 6.45) is 2.65. The van der Waals surface area contributed by atoms with Crippen molar-refractivity contribution in [3.05, 3.63) is 6.33 Å². The number of nitrogens with zero attached hydrogens (tertiary/aromatic N) is 4. The van der Waals surface area contributed by atoms with Crippen molar-refractivity contribution < 1.29 is 4.74 Å². The van der Waals surface area contributed by atoms with Gasteiger partial charge in [0, 0.05) is 19.1 Å². The van der Waals surface area contributed by atoms with Crippen LogP contribution in [-0.4, -0.2) is 54.2 Å². The van der Waals surface area contributed by atoms with Gasteiger partial charge in [0.25, 0.3) is 0 Å². The number of hydrazine groups is 1. The summed E-state index contributed by atoms with van der Waals surface area (Å²) < 4.78 is 5.41. The molecule has 0 radical (unpaired) electrons. The molecule has 0 aliphatic carbocycles. The fraction of sp³-hybridized carbons (Fsp3) is 0.692. The van der Waals surface area contributed by atoms with Crippen LogP contribution in [0.25, 0.3) is 0 Å². The smallest absolute Gasteiger partial charge is 0.205 e. The maximum atomic E-state index is 5.47. The van der Waals surface area contributed by atoms with Crippen molar-refractivity contribution in [3.8, 4) is 5.75 Å². The van der Waals surface area contributed by atoms with Crippen LogP contribution in [0.3, 0.4) is 0 Å². The van der Waals surface area contributed by atoms with Crippen molar-refractivity contribution in [1.82, 2.24) is 14.9 Å². The Hall–Kier alpha value is -1.60. The maximum Gasteiger partial charge on any atom is 0.205 e. The first-order valence-corrected chi connectivity index (χ1v) is 7.09. The summed E-state index contributed by atoms with van der Waals surface area (Å²) in [5, 5.41) is 0. The molecular weight excluding hydrogens is 256 g/mol. The molecule has 0 bridgehead atoms. The van der Waals surface area contributed by atoms with Crippen LogP contribution >= 0.6 is 0 Å². The monoisotopic (exact) mass is 280 g/mol. The van der Waals surface area contributed by atoms with E-state index in [0.29, 0.717) is 17.6 Å². The van der Waals surface area contributed by atoms with Crippen LogP contribution in [0.5, 0.6) is 5.75 Å².